The van der Waals surface area contributed by atoms with E-state index < -0.39 is 6.04 Å². The van der Waals surface area contributed by atoms with Gasteiger partial charge in [-0.1, -0.05) is 12.1 Å². The van der Waals surface area contributed by atoms with Gasteiger partial charge in [0.25, 0.3) is 0 Å². The van der Waals surface area contributed by atoms with Crippen LogP contribution in [0.5, 0.6) is 23.0 Å². The molecule has 0 N–H and O–H groups in total. The monoisotopic (exact) mass is 472 g/mol. The molecule has 1 aliphatic heterocycles. The molecule has 34 heavy (non-hydrogen) atoms. The van der Waals surface area contributed by atoms with Crippen molar-refractivity contribution in [3.05, 3.63) is 42.0 Å². The molecule has 0 bridgehead atoms. The SMILES string of the molecule is COc1ccc(CN(C(=O)C(CC=O)N2CCOCC2)c2cc(OC)c(OC)c(OC)c2)cc1. The molecule has 1 saturated heterocycles. The van der Waals surface area contributed by atoms with Gasteiger partial charge in [0.15, 0.2) is 11.5 Å². The van der Waals surface area contributed by atoms with E-state index in [2.05, 4.69) is 0 Å². The summed E-state index contributed by atoms with van der Waals surface area (Å²) in [5.74, 6) is 1.83. The summed E-state index contributed by atoms with van der Waals surface area (Å²) in [6.45, 7) is 2.48. The topological polar surface area (TPSA) is 86.8 Å². The van der Waals surface area contributed by atoms with Gasteiger partial charge in [-0.2, -0.15) is 0 Å². The maximum absolute atomic E-state index is 14.0. The van der Waals surface area contributed by atoms with Gasteiger partial charge < -0.3 is 33.4 Å². The second-order valence-corrected chi connectivity index (χ2v) is 7.72. The molecule has 1 heterocycles. The molecule has 9 nitrogen and oxygen atoms in total. The molecule has 9 heteroatoms. The maximum atomic E-state index is 14.0. The fraction of sp³-hybridized carbons (Fsp3) is 0.440. The van der Waals surface area contributed by atoms with Crippen LogP contribution in [-0.4, -0.2) is 77.9 Å². The van der Waals surface area contributed by atoms with Crippen LogP contribution in [0.1, 0.15) is 12.0 Å². The Hall–Kier alpha value is -3.30. The summed E-state index contributed by atoms with van der Waals surface area (Å²) in [5, 5.41) is 0. The maximum Gasteiger partial charge on any atom is 0.245 e. The minimum Gasteiger partial charge on any atom is -0.497 e. The number of carbonyl (C=O) groups is 2. The minimum absolute atomic E-state index is 0.0857. The summed E-state index contributed by atoms with van der Waals surface area (Å²) in [5.41, 5.74) is 1.47. The molecule has 1 fully saturated rings. The minimum atomic E-state index is -0.612. The summed E-state index contributed by atoms with van der Waals surface area (Å²) in [6, 6.07) is 10.4. The summed E-state index contributed by atoms with van der Waals surface area (Å²) in [4.78, 5) is 29.1. The van der Waals surface area contributed by atoms with Crippen molar-refractivity contribution in [2.45, 2.75) is 19.0 Å². The number of rotatable bonds is 11. The van der Waals surface area contributed by atoms with Gasteiger partial charge in [-0.25, -0.2) is 0 Å². The Morgan fingerprint density at radius 1 is 1.00 bits per heavy atom. The molecule has 1 amide bonds. The number of anilines is 1. The van der Waals surface area contributed by atoms with Gasteiger partial charge in [0, 0.05) is 31.6 Å². The van der Waals surface area contributed by atoms with Crippen molar-refractivity contribution in [2.24, 2.45) is 0 Å². The second kappa shape index (κ2) is 12.2. The van der Waals surface area contributed by atoms with Crippen LogP contribution in [0.3, 0.4) is 0 Å². The smallest absolute Gasteiger partial charge is 0.245 e. The lowest BCUT2D eigenvalue weighted by Crippen LogP contribution is -2.52. The van der Waals surface area contributed by atoms with Gasteiger partial charge in [-0.05, 0) is 17.7 Å². The fourth-order valence-corrected chi connectivity index (χ4v) is 4.00. The van der Waals surface area contributed by atoms with Gasteiger partial charge in [-0.3, -0.25) is 9.69 Å². The van der Waals surface area contributed by atoms with Crippen LogP contribution in [0.15, 0.2) is 36.4 Å². The molecule has 3 rings (SSSR count). The van der Waals surface area contributed by atoms with Crippen molar-refractivity contribution < 1.29 is 33.3 Å². The Morgan fingerprint density at radius 2 is 1.62 bits per heavy atom. The predicted octanol–water partition coefficient (Wildman–Crippen LogP) is 2.54. The first kappa shape index (κ1) is 25.3. The summed E-state index contributed by atoms with van der Waals surface area (Å²) in [6.07, 6.45) is 0.876. The average molecular weight is 473 g/mol. The molecule has 1 aliphatic rings. The number of amides is 1. The third kappa shape index (κ3) is 5.78. The average Bonchev–Trinajstić information content (AvgIpc) is 2.89. The van der Waals surface area contributed by atoms with Gasteiger partial charge in [0.2, 0.25) is 11.7 Å². The highest BCUT2D eigenvalue weighted by Gasteiger charge is 2.32. The van der Waals surface area contributed by atoms with Crippen LogP contribution in [0.2, 0.25) is 0 Å². The first-order valence-corrected chi connectivity index (χ1v) is 11.1. The van der Waals surface area contributed by atoms with E-state index in [1.54, 1.807) is 24.1 Å². The lowest BCUT2D eigenvalue weighted by Gasteiger charge is -2.36. The standard InChI is InChI=1S/C25H32N2O7/c1-30-20-7-5-18(6-8-20)17-27(19-15-22(31-2)24(33-4)23(16-19)32-3)25(29)21(9-12-28)26-10-13-34-14-11-26/h5-8,12,15-16,21H,9-11,13-14,17H2,1-4H3. The quantitative estimate of drug-likeness (QED) is 0.461. The van der Waals surface area contributed by atoms with Crippen LogP contribution in [0, 0.1) is 0 Å². The number of morpholine rings is 1. The lowest BCUT2D eigenvalue weighted by atomic mass is 10.1. The molecule has 1 atom stereocenters. The molecule has 0 aromatic heterocycles. The number of hydrogen-bond donors (Lipinski definition) is 0. The normalized spacial score (nSPS) is 14.7. The van der Waals surface area contributed by atoms with E-state index in [0.717, 1.165) is 17.6 Å². The largest absolute Gasteiger partial charge is 0.497 e. The van der Waals surface area contributed by atoms with Crippen LogP contribution >= 0.6 is 0 Å². The Kier molecular flexibility index (Phi) is 9.12. The molecule has 2 aromatic rings. The lowest BCUT2D eigenvalue weighted by molar-refractivity contribution is -0.128. The highest BCUT2D eigenvalue weighted by atomic mass is 16.5. The number of aldehydes is 1. The number of nitrogens with zero attached hydrogens (tertiary/aromatic N) is 2. The zero-order valence-electron chi connectivity index (χ0n) is 20.1. The first-order valence-electron chi connectivity index (χ1n) is 11.1. The van der Waals surface area contributed by atoms with Gasteiger partial charge in [0.1, 0.15) is 12.0 Å². The van der Waals surface area contributed by atoms with E-state index in [9.17, 15) is 9.59 Å². The predicted molar refractivity (Wildman–Crippen MR) is 127 cm³/mol. The second-order valence-electron chi connectivity index (χ2n) is 7.72. The number of ether oxygens (including phenoxy) is 5. The zero-order chi connectivity index (χ0) is 24.5. The van der Waals surface area contributed by atoms with E-state index >= 15 is 0 Å². The molecular weight excluding hydrogens is 440 g/mol. The summed E-state index contributed by atoms with van der Waals surface area (Å²) < 4.78 is 27.2. The van der Waals surface area contributed by atoms with E-state index in [4.69, 9.17) is 23.7 Å². The van der Waals surface area contributed by atoms with Crippen molar-refractivity contribution in [1.29, 1.82) is 0 Å². The number of methoxy groups -OCH3 is 4. The third-order valence-electron chi connectivity index (χ3n) is 5.82. The van der Waals surface area contributed by atoms with Crippen LogP contribution in [-0.2, 0) is 20.9 Å². The van der Waals surface area contributed by atoms with Crippen LogP contribution in [0.25, 0.3) is 0 Å². The van der Waals surface area contributed by atoms with Crippen molar-refractivity contribution >= 4 is 17.9 Å². The first-order chi connectivity index (χ1) is 16.6. The van der Waals surface area contributed by atoms with Crippen LogP contribution in [0.4, 0.5) is 5.69 Å². The van der Waals surface area contributed by atoms with Crippen molar-refractivity contribution in [3.63, 3.8) is 0 Å². The van der Waals surface area contributed by atoms with E-state index in [-0.39, 0.29) is 18.9 Å². The number of hydrogen-bond acceptors (Lipinski definition) is 8. The molecule has 0 aliphatic carbocycles. The summed E-state index contributed by atoms with van der Waals surface area (Å²) in [7, 11) is 6.19. The zero-order valence-corrected chi connectivity index (χ0v) is 20.1. The molecule has 0 spiro atoms. The number of benzene rings is 2. The van der Waals surface area contributed by atoms with Gasteiger partial charge in [-0.15, -0.1) is 0 Å². The highest BCUT2D eigenvalue weighted by Crippen LogP contribution is 2.41. The molecule has 184 valence electrons. The molecule has 0 saturated carbocycles. The van der Waals surface area contributed by atoms with E-state index in [1.165, 1.54) is 21.3 Å². The van der Waals surface area contributed by atoms with E-state index in [1.807, 2.05) is 29.2 Å². The third-order valence-corrected chi connectivity index (χ3v) is 5.82. The molecular formula is C25H32N2O7. The molecule has 1 unspecified atom stereocenters. The van der Waals surface area contributed by atoms with Crippen molar-refractivity contribution in [3.8, 4) is 23.0 Å². The fourth-order valence-electron chi connectivity index (χ4n) is 4.00. The van der Waals surface area contributed by atoms with Crippen molar-refractivity contribution in [2.75, 3.05) is 59.6 Å². The molecule has 2 aromatic carbocycles. The Labute approximate surface area is 200 Å². The molecule has 0 radical (unpaired) electrons. The van der Waals surface area contributed by atoms with Gasteiger partial charge in [0.05, 0.1) is 59.9 Å². The Bertz CT molecular complexity index is 933. The van der Waals surface area contributed by atoms with Crippen molar-refractivity contribution in [1.82, 2.24) is 4.90 Å². The summed E-state index contributed by atoms with van der Waals surface area (Å²) >= 11 is 0. The van der Waals surface area contributed by atoms with Crippen LogP contribution < -0.4 is 23.8 Å². The number of carbonyl (C=O) groups excluding carboxylic acids is 2. The van der Waals surface area contributed by atoms with Gasteiger partial charge >= 0.3 is 0 Å². The Morgan fingerprint density at radius 3 is 2.12 bits per heavy atom. The highest BCUT2D eigenvalue weighted by molar-refractivity contribution is 5.98. The van der Waals surface area contributed by atoms with E-state index in [0.29, 0.717) is 49.2 Å². The Balaban J connectivity index is 2.05.